The van der Waals surface area contributed by atoms with Crippen LogP contribution in [0.3, 0.4) is 0 Å². The van der Waals surface area contributed by atoms with E-state index < -0.39 is 0 Å². The lowest BCUT2D eigenvalue weighted by Gasteiger charge is -2.40. The normalized spacial score (nSPS) is 41.1. The van der Waals surface area contributed by atoms with Crippen molar-refractivity contribution in [2.24, 2.45) is 0 Å². The fourth-order valence-electron chi connectivity index (χ4n) is 2.65. The number of rotatable bonds is 1. The molecule has 0 aromatic heterocycles. The first-order valence-corrected chi connectivity index (χ1v) is 5.79. The molecule has 0 bridgehead atoms. The molecule has 1 aliphatic heterocycles. The summed E-state index contributed by atoms with van der Waals surface area (Å²) in [6.07, 6.45) is 4.69. The van der Waals surface area contributed by atoms with Crippen LogP contribution < -0.4 is 0 Å². The summed E-state index contributed by atoms with van der Waals surface area (Å²) < 4.78 is 5.52. The molecule has 1 heterocycles. The fourth-order valence-corrected chi connectivity index (χ4v) is 2.65. The zero-order valence-corrected chi connectivity index (χ0v) is 8.98. The highest BCUT2D eigenvalue weighted by molar-refractivity contribution is 4.82. The van der Waals surface area contributed by atoms with E-state index in [1.807, 2.05) is 0 Å². The molecule has 0 radical (unpaired) electrons. The molecule has 2 aliphatic rings. The molecular formula is C11H21NO2. The molecule has 3 nitrogen and oxygen atoms in total. The molecule has 14 heavy (non-hydrogen) atoms. The van der Waals surface area contributed by atoms with Crippen LogP contribution in [-0.4, -0.2) is 48.0 Å². The van der Waals surface area contributed by atoms with Gasteiger partial charge in [0.15, 0.2) is 0 Å². The summed E-state index contributed by atoms with van der Waals surface area (Å²) in [5.41, 5.74) is 0. The van der Waals surface area contributed by atoms with Gasteiger partial charge in [0.25, 0.3) is 0 Å². The first-order chi connectivity index (χ1) is 6.75. The van der Waals surface area contributed by atoms with Crippen molar-refractivity contribution in [3.8, 4) is 0 Å². The van der Waals surface area contributed by atoms with E-state index in [1.165, 1.54) is 12.8 Å². The summed E-state index contributed by atoms with van der Waals surface area (Å²) in [6.45, 7) is 5.07. The maximum atomic E-state index is 9.62. The Morgan fingerprint density at radius 3 is 2.93 bits per heavy atom. The Bertz CT molecular complexity index is 166. The van der Waals surface area contributed by atoms with Crippen molar-refractivity contribution in [1.29, 1.82) is 0 Å². The molecule has 1 saturated heterocycles. The van der Waals surface area contributed by atoms with Crippen molar-refractivity contribution < 1.29 is 9.84 Å². The Morgan fingerprint density at radius 2 is 2.21 bits per heavy atom. The third-order valence-electron chi connectivity index (χ3n) is 3.41. The first-order valence-electron chi connectivity index (χ1n) is 5.79. The van der Waals surface area contributed by atoms with Gasteiger partial charge in [0.1, 0.15) is 0 Å². The van der Waals surface area contributed by atoms with Crippen LogP contribution in [0, 0.1) is 0 Å². The van der Waals surface area contributed by atoms with E-state index in [9.17, 15) is 5.11 Å². The van der Waals surface area contributed by atoms with E-state index in [-0.39, 0.29) is 6.10 Å². The second kappa shape index (κ2) is 4.60. The van der Waals surface area contributed by atoms with Gasteiger partial charge in [-0.15, -0.1) is 0 Å². The lowest BCUT2D eigenvalue weighted by Crippen LogP contribution is -2.48. The van der Waals surface area contributed by atoms with Crippen molar-refractivity contribution in [2.45, 2.75) is 50.9 Å². The number of hydrogen-bond donors (Lipinski definition) is 1. The Kier molecular flexibility index (Phi) is 3.42. The van der Waals surface area contributed by atoms with E-state index in [1.54, 1.807) is 0 Å². The number of aliphatic hydroxyl groups is 1. The van der Waals surface area contributed by atoms with Crippen molar-refractivity contribution >= 4 is 0 Å². The van der Waals surface area contributed by atoms with Gasteiger partial charge in [-0.05, 0) is 32.6 Å². The molecule has 3 unspecified atom stereocenters. The minimum atomic E-state index is -0.0631. The number of nitrogens with zero attached hydrogens (tertiary/aromatic N) is 1. The molecule has 2 fully saturated rings. The third-order valence-corrected chi connectivity index (χ3v) is 3.41. The van der Waals surface area contributed by atoms with Crippen LogP contribution in [0.25, 0.3) is 0 Å². The zero-order valence-electron chi connectivity index (χ0n) is 8.98. The largest absolute Gasteiger partial charge is 0.393 e. The highest BCUT2D eigenvalue weighted by Gasteiger charge is 2.28. The van der Waals surface area contributed by atoms with Gasteiger partial charge in [-0.2, -0.15) is 0 Å². The molecule has 1 aliphatic carbocycles. The highest BCUT2D eigenvalue weighted by atomic mass is 16.5. The summed E-state index contributed by atoms with van der Waals surface area (Å²) in [6, 6.07) is 0.602. The smallest absolute Gasteiger partial charge is 0.0674 e. The monoisotopic (exact) mass is 199 g/mol. The number of aliphatic hydroxyl groups excluding tert-OH is 1. The van der Waals surface area contributed by atoms with Crippen LogP contribution in [0.4, 0.5) is 0 Å². The quantitative estimate of drug-likeness (QED) is 0.684. The predicted molar refractivity (Wildman–Crippen MR) is 55.2 cm³/mol. The summed E-state index contributed by atoms with van der Waals surface area (Å²) >= 11 is 0. The average Bonchev–Trinajstić information content (AvgIpc) is 2.18. The Labute approximate surface area is 86.0 Å². The molecule has 0 aromatic rings. The van der Waals surface area contributed by atoms with Crippen LogP contribution in [0.5, 0.6) is 0 Å². The topological polar surface area (TPSA) is 32.7 Å². The fraction of sp³-hybridized carbons (Fsp3) is 1.00. The molecule has 1 N–H and O–H groups in total. The molecule has 0 amide bonds. The van der Waals surface area contributed by atoms with E-state index in [0.29, 0.717) is 12.1 Å². The van der Waals surface area contributed by atoms with Crippen LogP contribution in [-0.2, 0) is 4.74 Å². The average molecular weight is 199 g/mol. The zero-order chi connectivity index (χ0) is 9.97. The maximum Gasteiger partial charge on any atom is 0.0674 e. The Morgan fingerprint density at radius 1 is 1.36 bits per heavy atom. The van der Waals surface area contributed by atoms with E-state index >= 15 is 0 Å². The van der Waals surface area contributed by atoms with Crippen molar-refractivity contribution in [3.63, 3.8) is 0 Å². The summed E-state index contributed by atoms with van der Waals surface area (Å²) in [5.74, 6) is 0. The molecular weight excluding hydrogens is 178 g/mol. The first kappa shape index (κ1) is 10.4. The molecule has 3 heteroatoms. The van der Waals surface area contributed by atoms with Crippen LogP contribution >= 0.6 is 0 Å². The van der Waals surface area contributed by atoms with Crippen LogP contribution in [0.1, 0.15) is 32.6 Å². The van der Waals surface area contributed by atoms with Gasteiger partial charge in [-0.1, -0.05) is 0 Å². The highest BCUT2D eigenvalue weighted by Crippen LogP contribution is 2.24. The summed E-state index contributed by atoms with van der Waals surface area (Å²) in [7, 11) is 0. The van der Waals surface area contributed by atoms with E-state index in [4.69, 9.17) is 4.74 Å². The third kappa shape index (κ3) is 2.47. The molecule has 0 spiro atoms. The Balaban J connectivity index is 1.86. The van der Waals surface area contributed by atoms with Gasteiger partial charge in [-0.25, -0.2) is 0 Å². The maximum absolute atomic E-state index is 9.62. The van der Waals surface area contributed by atoms with E-state index in [0.717, 1.165) is 32.5 Å². The predicted octanol–water partition coefficient (Wildman–Crippen LogP) is 1.01. The van der Waals surface area contributed by atoms with Crippen molar-refractivity contribution in [3.05, 3.63) is 0 Å². The summed E-state index contributed by atoms with van der Waals surface area (Å²) in [5, 5.41) is 9.62. The minimum absolute atomic E-state index is 0.0631. The van der Waals surface area contributed by atoms with E-state index in [2.05, 4.69) is 11.8 Å². The van der Waals surface area contributed by atoms with Crippen LogP contribution in [0.2, 0.25) is 0 Å². The van der Waals surface area contributed by atoms with Crippen LogP contribution in [0.15, 0.2) is 0 Å². The van der Waals surface area contributed by atoms with Gasteiger partial charge in [-0.3, -0.25) is 4.90 Å². The second-order valence-electron chi connectivity index (χ2n) is 4.65. The van der Waals surface area contributed by atoms with Crippen molar-refractivity contribution in [2.75, 3.05) is 19.7 Å². The molecule has 2 rings (SSSR count). The lowest BCUT2D eigenvalue weighted by molar-refractivity contribution is -0.0490. The number of hydrogen-bond acceptors (Lipinski definition) is 3. The van der Waals surface area contributed by atoms with Gasteiger partial charge >= 0.3 is 0 Å². The standard InChI is InChI=1S/C11H21NO2/c1-9-8-12(5-6-14-9)10-3-2-4-11(13)7-10/h9-11,13H,2-8H2,1H3. The molecule has 82 valence electrons. The molecule has 0 aromatic carbocycles. The van der Waals surface area contributed by atoms with Crippen molar-refractivity contribution in [1.82, 2.24) is 4.90 Å². The number of ether oxygens (including phenoxy) is 1. The number of morpholine rings is 1. The Hall–Kier alpha value is -0.120. The molecule has 1 saturated carbocycles. The van der Waals surface area contributed by atoms with Gasteiger partial charge in [0.2, 0.25) is 0 Å². The lowest BCUT2D eigenvalue weighted by atomic mass is 9.91. The second-order valence-corrected chi connectivity index (χ2v) is 4.65. The summed E-state index contributed by atoms with van der Waals surface area (Å²) in [4.78, 5) is 2.50. The SMILES string of the molecule is CC1CN(C2CCCC(O)C2)CCO1. The molecule has 3 atom stereocenters. The minimum Gasteiger partial charge on any atom is -0.393 e. The van der Waals surface area contributed by atoms with Gasteiger partial charge in [0.05, 0.1) is 18.8 Å². The van der Waals surface area contributed by atoms with Gasteiger partial charge < -0.3 is 9.84 Å². The van der Waals surface area contributed by atoms with Gasteiger partial charge in [0, 0.05) is 19.1 Å².